The average molecular weight is 374 g/mol. The van der Waals surface area contributed by atoms with E-state index in [-0.39, 0.29) is 0 Å². The molecule has 0 amide bonds. The number of rotatable bonds is 1. The van der Waals surface area contributed by atoms with E-state index in [4.69, 9.17) is 0 Å². The highest BCUT2D eigenvalue weighted by Gasteiger charge is 2.14. The minimum atomic E-state index is 0.669. The number of aromatic nitrogens is 8. The Hall–Kier alpha value is -3.24. The molecule has 10 heteroatoms. The lowest BCUT2D eigenvalue weighted by atomic mass is 10.2. The Morgan fingerprint density at radius 1 is 0.577 bits per heavy atom. The molecule has 0 unspecified atom stereocenters. The Morgan fingerprint density at radius 2 is 1.27 bits per heavy atom. The van der Waals surface area contributed by atoms with E-state index < -0.39 is 0 Å². The highest BCUT2D eigenvalue weighted by molar-refractivity contribution is 7.26. The van der Waals surface area contributed by atoms with Crippen LogP contribution in [0.1, 0.15) is 0 Å². The van der Waals surface area contributed by atoms with E-state index in [2.05, 4.69) is 40.6 Å². The predicted molar refractivity (Wildman–Crippen MR) is 100 cm³/mol. The number of thiophene rings is 2. The molecule has 0 aromatic carbocycles. The van der Waals surface area contributed by atoms with Crippen LogP contribution in [0.5, 0.6) is 0 Å². The molecule has 0 saturated heterocycles. The molecule has 6 aromatic rings. The maximum Gasteiger partial charge on any atom is 0.144 e. The molecule has 26 heavy (non-hydrogen) atoms. The summed E-state index contributed by atoms with van der Waals surface area (Å²) in [6.07, 6.45) is 5.01. The van der Waals surface area contributed by atoms with Gasteiger partial charge in [-0.15, -0.1) is 48.2 Å². The van der Waals surface area contributed by atoms with Gasteiger partial charge in [0.25, 0.3) is 0 Å². The van der Waals surface area contributed by atoms with Crippen molar-refractivity contribution < 1.29 is 0 Å². The van der Waals surface area contributed by atoms with Gasteiger partial charge in [0.05, 0.1) is 20.3 Å². The second-order valence-electron chi connectivity index (χ2n) is 5.54. The van der Waals surface area contributed by atoms with Gasteiger partial charge < -0.3 is 0 Å². The van der Waals surface area contributed by atoms with Crippen LogP contribution < -0.4 is 0 Å². The van der Waals surface area contributed by atoms with Crippen LogP contribution in [0.25, 0.3) is 52.4 Å². The monoisotopic (exact) mass is 374 g/mol. The van der Waals surface area contributed by atoms with Gasteiger partial charge in [0, 0.05) is 12.4 Å². The number of hydrogen-bond donors (Lipinski definition) is 0. The van der Waals surface area contributed by atoms with Crippen LogP contribution in [-0.4, -0.2) is 40.6 Å². The lowest BCUT2D eigenvalue weighted by molar-refractivity contribution is 1.03. The lowest BCUT2D eigenvalue weighted by Crippen LogP contribution is -1.92. The first-order valence-corrected chi connectivity index (χ1v) is 9.25. The Labute approximate surface area is 152 Å². The number of nitrogens with zero attached hydrogens (tertiary/aromatic N) is 8. The topological polar surface area (TPSA) is 103 Å². The third-order valence-electron chi connectivity index (χ3n) is 4.00. The van der Waals surface area contributed by atoms with Gasteiger partial charge in [-0.2, -0.15) is 5.10 Å². The minimum absolute atomic E-state index is 0.669. The molecule has 0 aliphatic carbocycles. The largest absolute Gasteiger partial charge is 0.250 e. The summed E-state index contributed by atoms with van der Waals surface area (Å²) in [5.41, 5.74) is 4.40. The fourth-order valence-electron chi connectivity index (χ4n) is 2.83. The molecule has 0 aliphatic rings. The van der Waals surface area contributed by atoms with Crippen LogP contribution in [0, 0.1) is 0 Å². The number of hydrogen-bond acceptors (Lipinski definition) is 10. The van der Waals surface area contributed by atoms with Gasteiger partial charge in [-0.3, -0.25) is 0 Å². The SMILES string of the molecule is c1cc2sc3cc(-c4cc5sc6nccnc6c5nn4)nnc3c2nn1. The molecule has 0 N–H and O–H groups in total. The second-order valence-corrected chi connectivity index (χ2v) is 7.66. The summed E-state index contributed by atoms with van der Waals surface area (Å²) < 4.78 is 3.00. The van der Waals surface area contributed by atoms with Gasteiger partial charge >= 0.3 is 0 Å². The Bertz CT molecular complexity index is 1340. The smallest absolute Gasteiger partial charge is 0.144 e. The molecule has 0 bridgehead atoms. The van der Waals surface area contributed by atoms with E-state index in [1.807, 2.05) is 18.2 Å². The molecule has 8 nitrogen and oxygen atoms in total. The molecule has 6 heterocycles. The van der Waals surface area contributed by atoms with Crippen molar-refractivity contribution in [3.63, 3.8) is 0 Å². The van der Waals surface area contributed by atoms with Crippen LogP contribution in [0.3, 0.4) is 0 Å². The van der Waals surface area contributed by atoms with Crippen molar-refractivity contribution in [3.05, 3.63) is 36.8 Å². The van der Waals surface area contributed by atoms with Crippen molar-refractivity contribution in [1.82, 2.24) is 40.6 Å². The Morgan fingerprint density at radius 3 is 2.12 bits per heavy atom. The van der Waals surface area contributed by atoms with Crippen molar-refractivity contribution >= 4 is 63.7 Å². The summed E-state index contributed by atoms with van der Waals surface area (Å²) in [4.78, 5) is 9.52. The molecule has 0 saturated carbocycles. The maximum absolute atomic E-state index is 4.34. The van der Waals surface area contributed by atoms with Gasteiger partial charge in [-0.1, -0.05) is 0 Å². The predicted octanol–water partition coefficient (Wildman–Crippen LogP) is 3.25. The van der Waals surface area contributed by atoms with Crippen molar-refractivity contribution in [2.75, 3.05) is 0 Å². The standard InChI is InChI=1S/C16H6N8S2/c1-2-19-22-12-9(1)25-10-5-7(20-23-13(10)12)8-6-11-14(24-21-8)15-16(26-11)18-4-3-17-15/h1-6H. The molecule has 6 aromatic heterocycles. The van der Waals surface area contributed by atoms with Gasteiger partial charge in [-0.05, 0) is 18.2 Å². The fourth-order valence-corrected chi connectivity index (χ4v) is 4.81. The van der Waals surface area contributed by atoms with E-state index in [1.165, 1.54) is 11.3 Å². The van der Waals surface area contributed by atoms with E-state index in [0.29, 0.717) is 11.4 Å². The van der Waals surface area contributed by atoms with Crippen LogP contribution >= 0.6 is 22.7 Å². The van der Waals surface area contributed by atoms with Gasteiger partial charge in [0.1, 0.15) is 38.3 Å². The van der Waals surface area contributed by atoms with Crippen molar-refractivity contribution in [2.45, 2.75) is 0 Å². The summed E-state index contributed by atoms with van der Waals surface area (Å²) in [6, 6.07) is 5.85. The molecule has 0 fully saturated rings. The molecular weight excluding hydrogens is 368 g/mol. The summed E-state index contributed by atoms with van der Waals surface area (Å²) in [5, 5.41) is 25.4. The summed E-state index contributed by atoms with van der Waals surface area (Å²) >= 11 is 3.15. The molecule has 0 atom stereocenters. The molecule has 122 valence electrons. The normalized spacial score (nSPS) is 11.8. The summed E-state index contributed by atoms with van der Waals surface area (Å²) in [7, 11) is 0. The van der Waals surface area contributed by atoms with E-state index in [1.54, 1.807) is 29.9 Å². The zero-order chi connectivity index (χ0) is 17.1. The first kappa shape index (κ1) is 14.0. The molecule has 0 radical (unpaired) electrons. The number of fused-ring (bicyclic) bond motifs is 6. The van der Waals surface area contributed by atoms with Crippen LogP contribution in [0.2, 0.25) is 0 Å². The van der Waals surface area contributed by atoms with Crippen LogP contribution in [0.4, 0.5) is 0 Å². The lowest BCUT2D eigenvalue weighted by Gasteiger charge is -1.98. The molecule has 0 spiro atoms. The molecule has 0 aliphatic heterocycles. The van der Waals surface area contributed by atoms with Gasteiger partial charge in [-0.25, -0.2) is 9.97 Å². The second kappa shape index (κ2) is 5.13. The fraction of sp³-hybridized carbons (Fsp3) is 0. The van der Waals surface area contributed by atoms with E-state index >= 15 is 0 Å². The van der Waals surface area contributed by atoms with Crippen molar-refractivity contribution in [2.24, 2.45) is 0 Å². The highest BCUT2D eigenvalue weighted by Crippen LogP contribution is 2.34. The van der Waals surface area contributed by atoms with Crippen molar-refractivity contribution in [3.8, 4) is 11.4 Å². The van der Waals surface area contributed by atoms with Crippen molar-refractivity contribution in [1.29, 1.82) is 0 Å². The Balaban J connectivity index is 1.57. The third kappa shape index (κ3) is 1.93. The Kier molecular flexibility index (Phi) is 2.76. The molecular formula is C16H6N8S2. The minimum Gasteiger partial charge on any atom is -0.250 e. The quantitative estimate of drug-likeness (QED) is 0.432. The van der Waals surface area contributed by atoms with E-state index in [9.17, 15) is 0 Å². The average Bonchev–Trinajstić information content (AvgIpc) is 3.24. The summed E-state index contributed by atoms with van der Waals surface area (Å²) in [5.74, 6) is 0. The summed E-state index contributed by atoms with van der Waals surface area (Å²) in [6.45, 7) is 0. The van der Waals surface area contributed by atoms with E-state index in [0.717, 1.165) is 41.0 Å². The van der Waals surface area contributed by atoms with Crippen LogP contribution in [0.15, 0.2) is 36.8 Å². The highest BCUT2D eigenvalue weighted by atomic mass is 32.1. The zero-order valence-electron chi connectivity index (χ0n) is 12.9. The first-order valence-electron chi connectivity index (χ1n) is 7.62. The van der Waals surface area contributed by atoms with Gasteiger partial charge in [0.15, 0.2) is 0 Å². The third-order valence-corrected chi connectivity index (χ3v) is 6.11. The maximum atomic E-state index is 4.34. The first-order chi connectivity index (χ1) is 12.9. The van der Waals surface area contributed by atoms with Gasteiger partial charge in [0.2, 0.25) is 0 Å². The van der Waals surface area contributed by atoms with Crippen LogP contribution in [-0.2, 0) is 0 Å². The molecule has 6 rings (SSSR count). The zero-order valence-corrected chi connectivity index (χ0v) is 14.5.